The molecule has 1 aromatic carbocycles. The van der Waals surface area contributed by atoms with Crippen molar-refractivity contribution in [2.75, 3.05) is 6.61 Å². The fourth-order valence-corrected chi connectivity index (χ4v) is 1.44. The van der Waals surface area contributed by atoms with E-state index in [1.807, 2.05) is 36.4 Å². The van der Waals surface area contributed by atoms with E-state index in [0.717, 1.165) is 16.8 Å². The molecule has 0 radical (unpaired) electrons. The molecule has 0 fully saturated rings. The first-order valence-electron chi connectivity index (χ1n) is 4.78. The van der Waals surface area contributed by atoms with E-state index in [9.17, 15) is 0 Å². The van der Waals surface area contributed by atoms with Gasteiger partial charge in [0.05, 0.1) is 18.5 Å². The summed E-state index contributed by atoms with van der Waals surface area (Å²) < 4.78 is 0. The van der Waals surface area contributed by atoms with E-state index in [-0.39, 0.29) is 6.61 Å². The van der Waals surface area contributed by atoms with Crippen LogP contribution in [0.5, 0.6) is 0 Å². The summed E-state index contributed by atoms with van der Waals surface area (Å²) in [6.07, 6.45) is 5.29. The van der Waals surface area contributed by atoms with Gasteiger partial charge in [0, 0.05) is 11.1 Å². The summed E-state index contributed by atoms with van der Waals surface area (Å²) in [7, 11) is 0. The fourth-order valence-electron chi connectivity index (χ4n) is 1.44. The molecule has 1 heterocycles. The molecule has 15 heavy (non-hydrogen) atoms. The third kappa shape index (κ3) is 2.14. The zero-order valence-electron chi connectivity index (χ0n) is 8.22. The van der Waals surface area contributed by atoms with Crippen molar-refractivity contribution in [1.29, 1.82) is 0 Å². The molecule has 3 heteroatoms. The van der Waals surface area contributed by atoms with E-state index in [1.165, 1.54) is 0 Å². The van der Waals surface area contributed by atoms with Gasteiger partial charge in [0.15, 0.2) is 0 Å². The number of hydrogen-bond donors (Lipinski definition) is 2. The Bertz CT molecular complexity index is 446. The van der Waals surface area contributed by atoms with Gasteiger partial charge >= 0.3 is 0 Å². The van der Waals surface area contributed by atoms with E-state index < -0.39 is 0 Å². The zero-order valence-corrected chi connectivity index (χ0v) is 8.22. The van der Waals surface area contributed by atoms with Gasteiger partial charge in [0.2, 0.25) is 0 Å². The predicted molar refractivity (Wildman–Crippen MR) is 60.1 cm³/mol. The van der Waals surface area contributed by atoms with Gasteiger partial charge in [-0.1, -0.05) is 42.5 Å². The number of aromatic amines is 1. The third-order valence-electron chi connectivity index (χ3n) is 2.13. The van der Waals surface area contributed by atoms with Crippen LogP contribution < -0.4 is 0 Å². The quantitative estimate of drug-likeness (QED) is 0.797. The summed E-state index contributed by atoms with van der Waals surface area (Å²) >= 11 is 0. The smallest absolute Gasteiger partial charge is 0.0722 e. The van der Waals surface area contributed by atoms with Gasteiger partial charge in [-0.25, -0.2) is 0 Å². The Morgan fingerprint density at radius 1 is 1.27 bits per heavy atom. The maximum Gasteiger partial charge on any atom is 0.0722 e. The van der Waals surface area contributed by atoms with Gasteiger partial charge in [0.25, 0.3) is 0 Å². The Balaban J connectivity index is 2.37. The molecule has 0 amide bonds. The van der Waals surface area contributed by atoms with Crippen LogP contribution in [-0.2, 0) is 0 Å². The van der Waals surface area contributed by atoms with Crippen LogP contribution in [0.1, 0.15) is 5.56 Å². The van der Waals surface area contributed by atoms with Gasteiger partial charge < -0.3 is 5.11 Å². The van der Waals surface area contributed by atoms with E-state index in [2.05, 4.69) is 10.2 Å². The molecule has 0 saturated heterocycles. The summed E-state index contributed by atoms with van der Waals surface area (Å²) in [6, 6.07) is 9.97. The summed E-state index contributed by atoms with van der Waals surface area (Å²) in [4.78, 5) is 0. The van der Waals surface area contributed by atoms with Gasteiger partial charge in [-0.2, -0.15) is 5.10 Å². The molecule has 76 valence electrons. The highest BCUT2D eigenvalue weighted by atomic mass is 16.2. The Hall–Kier alpha value is -1.87. The van der Waals surface area contributed by atoms with Crippen molar-refractivity contribution in [3.8, 4) is 11.3 Å². The highest BCUT2D eigenvalue weighted by Gasteiger charge is 2.03. The number of nitrogens with one attached hydrogen (secondary N) is 1. The van der Waals surface area contributed by atoms with Crippen LogP contribution in [-0.4, -0.2) is 21.9 Å². The number of aromatic nitrogens is 2. The van der Waals surface area contributed by atoms with E-state index in [4.69, 9.17) is 5.11 Å². The third-order valence-corrected chi connectivity index (χ3v) is 2.13. The van der Waals surface area contributed by atoms with Crippen LogP contribution in [0.2, 0.25) is 0 Å². The van der Waals surface area contributed by atoms with Gasteiger partial charge in [-0.3, -0.25) is 5.10 Å². The molecule has 1 aromatic heterocycles. The van der Waals surface area contributed by atoms with E-state index in [1.54, 1.807) is 12.3 Å². The summed E-state index contributed by atoms with van der Waals surface area (Å²) in [5.41, 5.74) is 3.04. The van der Waals surface area contributed by atoms with Crippen molar-refractivity contribution < 1.29 is 5.11 Å². The van der Waals surface area contributed by atoms with E-state index >= 15 is 0 Å². The second kappa shape index (κ2) is 4.57. The maximum atomic E-state index is 8.71. The number of H-pyrrole nitrogens is 1. The second-order valence-corrected chi connectivity index (χ2v) is 3.15. The van der Waals surface area contributed by atoms with Crippen LogP contribution in [0, 0.1) is 0 Å². The van der Waals surface area contributed by atoms with Crippen molar-refractivity contribution in [2.45, 2.75) is 0 Å². The van der Waals surface area contributed by atoms with Gasteiger partial charge in [0.1, 0.15) is 0 Å². The van der Waals surface area contributed by atoms with Crippen molar-refractivity contribution in [3.63, 3.8) is 0 Å². The second-order valence-electron chi connectivity index (χ2n) is 3.15. The summed E-state index contributed by atoms with van der Waals surface area (Å²) in [6.45, 7) is 0.0411. The minimum absolute atomic E-state index is 0.0411. The molecule has 2 N–H and O–H groups in total. The lowest BCUT2D eigenvalue weighted by Gasteiger charge is -1.98. The normalized spacial score (nSPS) is 11.0. The maximum absolute atomic E-state index is 8.71. The first-order chi connectivity index (χ1) is 7.42. The minimum Gasteiger partial charge on any atom is -0.392 e. The SMILES string of the molecule is OCC=Cc1cn[nH]c1-c1ccccc1. The fraction of sp³-hybridized carbons (Fsp3) is 0.0833. The first-order valence-corrected chi connectivity index (χ1v) is 4.78. The lowest BCUT2D eigenvalue weighted by molar-refractivity contribution is 0.343. The zero-order chi connectivity index (χ0) is 10.5. The standard InChI is InChI=1S/C12H12N2O/c15-8-4-7-11-9-13-14-12(11)10-5-2-1-3-6-10/h1-7,9,15H,8H2,(H,13,14). The van der Waals surface area contributed by atoms with Crippen LogP contribution in [0.15, 0.2) is 42.6 Å². The molecule has 2 aromatic rings. The minimum atomic E-state index is 0.0411. The van der Waals surface area contributed by atoms with E-state index in [0.29, 0.717) is 0 Å². The van der Waals surface area contributed by atoms with Gasteiger partial charge in [-0.05, 0) is 0 Å². The Kier molecular flexibility index (Phi) is 2.95. The molecule has 3 nitrogen and oxygen atoms in total. The molecule has 0 unspecified atom stereocenters. The predicted octanol–water partition coefficient (Wildman–Crippen LogP) is 2.08. The average molecular weight is 200 g/mol. The molecule has 0 spiro atoms. The van der Waals surface area contributed by atoms with Crippen LogP contribution >= 0.6 is 0 Å². The highest BCUT2D eigenvalue weighted by molar-refractivity contribution is 5.71. The molecule has 0 saturated carbocycles. The summed E-state index contributed by atoms with van der Waals surface area (Å²) in [5.74, 6) is 0. The molecule has 0 aliphatic carbocycles. The first kappa shape index (κ1) is 9.68. The number of aliphatic hydroxyl groups excluding tert-OH is 1. The molecule has 2 rings (SSSR count). The number of hydrogen-bond acceptors (Lipinski definition) is 2. The highest BCUT2D eigenvalue weighted by Crippen LogP contribution is 2.21. The van der Waals surface area contributed by atoms with Crippen molar-refractivity contribution in [2.24, 2.45) is 0 Å². The topological polar surface area (TPSA) is 48.9 Å². The lowest BCUT2D eigenvalue weighted by atomic mass is 10.1. The van der Waals surface area contributed by atoms with Crippen molar-refractivity contribution >= 4 is 6.08 Å². The Morgan fingerprint density at radius 3 is 2.80 bits per heavy atom. The molecule has 0 aliphatic rings. The largest absolute Gasteiger partial charge is 0.392 e. The van der Waals surface area contributed by atoms with Crippen molar-refractivity contribution in [1.82, 2.24) is 10.2 Å². The number of benzene rings is 1. The van der Waals surface area contributed by atoms with Crippen LogP contribution in [0.3, 0.4) is 0 Å². The number of rotatable bonds is 3. The van der Waals surface area contributed by atoms with Crippen LogP contribution in [0.25, 0.3) is 17.3 Å². The van der Waals surface area contributed by atoms with Gasteiger partial charge in [-0.15, -0.1) is 0 Å². The Morgan fingerprint density at radius 2 is 2.07 bits per heavy atom. The lowest BCUT2D eigenvalue weighted by Crippen LogP contribution is -1.80. The van der Waals surface area contributed by atoms with Crippen molar-refractivity contribution in [3.05, 3.63) is 48.2 Å². The summed E-state index contributed by atoms with van der Waals surface area (Å²) in [5, 5.41) is 15.7. The molecule has 0 atom stereocenters. The number of aliphatic hydroxyl groups is 1. The average Bonchev–Trinajstić information content (AvgIpc) is 2.75. The number of nitrogens with zero attached hydrogens (tertiary/aromatic N) is 1. The molecular weight excluding hydrogens is 188 g/mol. The molecule has 0 aliphatic heterocycles. The molecular formula is C12H12N2O. The molecule has 0 bridgehead atoms. The van der Waals surface area contributed by atoms with Crippen LogP contribution in [0.4, 0.5) is 0 Å². The Labute approximate surface area is 88.1 Å². The monoisotopic (exact) mass is 200 g/mol.